The van der Waals surface area contributed by atoms with Crippen molar-refractivity contribution in [2.75, 3.05) is 0 Å². The largest absolute Gasteiger partial charge is 0.343 e. The van der Waals surface area contributed by atoms with Crippen molar-refractivity contribution in [2.45, 2.75) is 13.8 Å². The van der Waals surface area contributed by atoms with E-state index in [1.165, 1.54) is 0 Å². The third-order valence-electron chi connectivity index (χ3n) is 3.30. The molecule has 0 aliphatic rings. The van der Waals surface area contributed by atoms with Crippen LogP contribution < -0.4 is 0 Å². The average Bonchev–Trinajstić information content (AvgIpc) is 2.74. The van der Waals surface area contributed by atoms with Gasteiger partial charge in [-0.3, -0.25) is 4.79 Å². The molecule has 0 unspecified atom stereocenters. The summed E-state index contributed by atoms with van der Waals surface area (Å²) in [5.41, 5.74) is 4.19. The van der Waals surface area contributed by atoms with E-state index in [9.17, 15) is 4.79 Å². The van der Waals surface area contributed by atoms with Crippen LogP contribution in [0.5, 0.6) is 0 Å². The Morgan fingerprint density at radius 2 is 1.84 bits per heavy atom. The number of hydrogen-bond acceptors (Lipinski definition) is 2. The lowest BCUT2D eigenvalue weighted by molar-refractivity contribution is 0.104. The Balaban J connectivity index is 2.16. The highest BCUT2D eigenvalue weighted by Gasteiger charge is 2.17. The zero-order chi connectivity index (χ0) is 13.4. The summed E-state index contributed by atoms with van der Waals surface area (Å²) in [7, 11) is 0. The van der Waals surface area contributed by atoms with Gasteiger partial charge < -0.3 is 4.98 Å². The first-order chi connectivity index (χ1) is 9.16. The number of aryl methyl sites for hydroxylation is 2. The number of aromatic nitrogens is 2. The molecule has 2 heterocycles. The van der Waals surface area contributed by atoms with Crippen LogP contribution in [0.15, 0.2) is 42.6 Å². The first kappa shape index (κ1) is 11.7. The molecule has 0 aliphatic carbocycles. The lowest BCUT2D eigenvalue weighted by Gasteiger charge is -2.02. The summed E-state index contributed by atoms with van der Waals surface area (Å²) in [5.74, 6) is 0.0387. The second-order valence-electron chi connectivity index (χ2n) is 4.72. The molecule has 0 radical (unpaired) electrons. The number of carbonyl (C=O) groups is 1. The number of nitrogens with zero attached hydrogens (tertiary/aromatic N) is 1. The number of fused-ring (bicyclic) bond motifs is 1. The SMILES string of the molecule is Cc1ccc(C(=O)c2c(C)[nH]c3ncccc23)cc1. The monoisotopic (exact) mass is 250 g/mol. The lowest BCUT2D eigenvalue weighted by atomic mass is 10.0. The molecular formula is C16H14N2O. The Labute approximate surface area is 111 Å². The summed E-state index contributed by atoms with van der Waals surface area (Å²) >= 11 is 0. The van der Waals surface area contributed by atoms with E-state index in [1.54, 1.807) is 6.20 Å². The maximum atomic E-state index is 12.6. The van der Waals surface area contributed by atoms with Crippen LogP contribution in [-0.4, -0.2) is 15.8 Å². The number of carbonyl (C=O) groups excluding carboxylic acids is 1. The molecule has 0 atom stereocenters. The van der Waals surface area contributed by atoms with Crippen molar-refractivity contribution in [3.05, 3.63) is 65.0 Å². The summed E-state index contributed by atoms with van der Waals surface area (Å²) in [6, 6.07) is 11.4. The highest BCUT2D eigenvalue weighted by atomic mass is 16.1. The summed E-state index contributed by atoms with van der Waals surface area (Å²) in [6.07, 6.45) is 1.72. The Morgan fingerprint density at radius 1 is 1.11 bits per heavy atom. The van der Waals surface area contributed by atoms with Crippen LogP contribution in [0.1, 0.15) is 27.2 Å². The Hall–Kier alpha value is -2.42. The molecule has 19 heavy (non-hydrogen) atoms. The van der Waals surface area contributed by atoms with Gasteiger partial charge in [-0.15, -0.1) is 0 Å². The van der Waals surface area contributed by atoms with E-state index in [-0.39, 0.29) is 5.78 Å². The molecule has 0 saturated carbocycles. The number of benzene rings is 1. The molecular weight excluding hydrogens is 236 g/mol. The first-order valence-corrected chi connectivity index (χ1v) is 6.21. The quantitative estimate of drug-likeness (QED) is 0.708. The Kier molecular flexibility index (Phi) is 2.67. The van der Waals surface area contributed by atoms with Gasteiger partial charge in [0.25, 0.3) is 0 Å². The predicted octanol–water partition coefficient (Wildman–Crippen LogP) is 3.41. The summed E-state index contributed by atoms with van der Waals surface area (Å²) < 4.78 is 0. The summed E-state index contributed by atoms with van der Waals surface area (Å²) in [6.45, 7) is 3.91. The molecule has 2 aromatic heterocycles. The summed E-state index contributed by atoms with van der Waals surface area (Å²) in [4.78, 5) is 20.0. The summed E-state index contributed by atoms with van der Waals surface area (Å²) in [5, 5.41) is 0.880. The minimum atomic E-state index is 0.0387. The maximum Gasteiger partial charge on any atom is 0.195 e. The number of hydrogen-bond donors (Lipinski definition) is 1. The lowest BCUT2D eigenvalue weighted by Crippen LogP contribution is -2.02. The van der Waals surface area contributed by atoms with E-state index in [1.807, 2.05) is 50.2 Å². The van der Waals surface area contributed by atoms with Crippen molar-refractivity contribution in [2.24, 2.45) is 0 Å². The van der Waals surface area contributed by atoms with E-state index in [4.69, 9.17) is 0 Å². The molecule has 1 N–H and O–H groups in total. The van der Waals surface area contributed by atoms with Gasteiger partial charge in [-0.05, 0) is 26.0 Å². The number of nitrogens with one attached hydrogen (secondary N) is 1. The molecule has 0 amide bonds. The van der Waals surface area contributed by atoms with Gasteiger partial charge in [0.2, 0.25) is 0 Å². The van der Waals surface area contributed by atoms with Gasteiger partial charge in [0, 0.05) is 22.8 Å². The van der Waals surface area contributed by atoms with Crippen LogP contribution >= 0.6 is 0 Å². The zero-order valence-corrected chi connectivity index (χ0v) is 10.9. The minimum Gasteiger partial charge on any atom is -0.343 e. The highest BCUT2D eigenvalue weighted by Crippen LogP contribution is 2.23. The van der Waals surface area contributed by atoms with Crippen molar-refractivity contribution >= 4 is 16.8 Å². The van der Waals surface area contributed by atoms with Crippen molar-refractivity contribution in [3.63, 3.8) is 0 Å². The molecule has 94 valence electrons. The van der Waals surface area contributed by atoms with E-state index in [0.717, 1.165) is 22.3 Å². The third kappa shape index (κ3) is 1.93. The second-order valence-corrected chi connectivity index (χ2v) is 4.72. The topological polar surface area (TPSA) is 45.8 Å². The third-order valence-corrected chi connectivity index (χ3v) is 3.30. The van der Waals surface area contributed by atoms with Crippen LogP contribution in [0.3, 0.4) is 0 Å². The number of ketones is 1. The van der Waals surface area contributed by atoms with E-state index < -0.39 is 0 Å². The van der Waals surface area contributed by atoms with Gasteiger partial charge in [0.1, 0.15) is 5.65 Å². The Bertz CT molecular complexity index is 754. The molecule has 3 heteroatoms. The van der Waals surface area contributed by atoms with Gasteiger partial charge in [-0.2, -0.15) is 0 Å². The standard InChI is InChI=1S/C16H14N2O/c1-10-5-7-12(8-6-10)15(19)14-11(2)18-16-13(14)4-3-9-17-16/h3-9H,1-2H3,(H,17,18). The molecule has 0 spiro atoms. The number of H-pyrrole nitrogens is 1. The minimum absolute atomic E-state index is 0.0387. The molecule has 3 rings (SSSR count). The normalized spacial score (nSPS) is 10.8. The van der Waals surface area contributed by atoms with Crippen LogP contribution in [-0.2, 0) is 0 Å². The van der Waals surface area contributed by atoms with Crippen molar-refractivity contribution < 1.29 is 4.79 Å². The molecule has 0 fully saturated rings. The first-order valence-electron chi connectivity index (χ1n) is 6.21. The molecule has 3 aromatic rings. The van der Waals surface area contributed by atoms with Crippen LogP contribution in [0.4, 0.5) is 0 Å². The van der Waals surface area contributed by atoms with Crippen molar-refractivity contribution in [1.82, 2.24) is 9.97 Å². The zero-order valence-electron chi connectivity index (χ0n) is 10.9. The van der Waals surface area contributed by atoms with Gasteiger partial charge in [0.05, 0.1) is 5.56 Å². The number of pyridine rings is 1. The van der Waals surface area contributed by atoms with Crippen molar-refractivity contribution in [3.8, 4) is 0 Å². The maximum absolute atomic E-state index is 12.6. The fourth-order valence-electron chi connectivity index (χ4n) is 2.29. The number of rotatable bonds is 2. The van der Waals surface area contributed by atoms with Crippen LogP contribution in [0, 0.1) is 13.8 Å². The molecule has 3 nitrogen and oxygen atoms in total. The fourth-order valence-corrected chi connectivity index (χ4v) is 2.29. The smallest absolute Gasteiger partial charge is 0.195 e. The highest BCUT2D eigenvalue weighted by molar-refractivity contribution is 6.16. The van der Waals surface area contributed by atoms with Crippen LogP contribution in [0.2, 0.25) is 0 Å². The molecule has 1 aromatic carbocycles. The second kappa shape index (κ2) is 4.35. The van der Waals surface area contributed by atoms with E-state index >= 15 is 0 Å². The van der Waals surface area contributed by atoms with Gasteiger partial charge in [-0.1, -0.05) is 29.8 Å². The fraction of sp³-hybridized carbons (Fsp3) is 0.125. The van der Waals surface area contributed by atoms with E-state index in [2.05, 4.69) is 9.97 Å². The van der Waals surface area contributed by atoms with Crippen molar-refractivity contribution in [1.29, 1.82) is 0 Å². The van der Waals surface area contributed by atoms with Gasteiger partial charge in [-0.25, -0.2) is 4.98 Å². The molecule has 0 bridgehead atoms. The average molecular weight is 250 g/mol. The van der Waals surface area contributed by atoms with Gasteiger partial charge in [0.15, 0.2) is 5.78 Å². The van der Waals surface area contributed by atoms with Crippen LogP contribution in [0.25, 0.3) is 11.0 Å². The number of aromatic amines is 1. The Morgan fingerprint density at radius 3 is 2.58 bits per heavy atom. The van der Waals surface area contributed by atoms with Gasteiger partial charge >= 0.3 is 0 Å². The van der Waals surface area contributed by atoms with E-state index in [0.29, 0.717) is 11.1 Å². The molecule has 0 aliphatic heterocycles. The predicted molar refractivity (Wildman–Crippen MR) is 75.4 cm³/mol. The molecule has 0 saturated heterocycles.